The SMILES string of the molecule is C.C.C.C.C.C.Cc1ccc(C)cc1.Cc1ccc(Oc2ccc(C)cc2)cc1.Cc1cccc(C)c1.Cc1cccc(Oc2cccc(C)c2)c1.Cc1ccccc1C.Cc1ccccc1Oc1ccccc1C. The van der Waals surface area contributed by atoms with Gasteiger partial charge in [0.1, 0.15) is 34.5 Å². The van der Waals surface area contributed by atoms with Gasteiger partial charge in [0.2, 0.25) is 0 Å². The van der Waals surface area contributed by atoms with Crippen molar-refractivity contribution in [2.75, 3.05) is 0 Å². The van der Waals surface area contributed by atoms with E-state index in [1.807, 2.05) is 147 Å². The molecule has 0 bridgehead atoms. The van der Waals surface area contributed by atoms with Gasteiger partial charge in [0.05, 0.1) is 0 Å². The maximum absolute atomic E-state index is 5.84. The topological polar surface area (TPSA) is 27.7 Å². The number of hydrogen-bond donors (Lipinski definition) is 0. The summed E-state index contributed by atoms with van der Waals surface area (Å²) in [4.78, 5) is 0. The highest BCUT2D eigenvalue weighted by Crippen LogP contribution is 2.27. The van der Waals surface area contributed by atoms with Crippen LogP contribution in [0.4, 0.5) is 0 Å². The summed E-state index contributed by atoms with van der Waals surface area (Å²) in [6.07, 6.45) is 0. The fourth-order valence-electron chi connectivity index (χ4n) is 6.41. The zero-order valence-corrected chi connectivity index (χ0v) is 43.0. The van der Waals surface area contributed by atoms with Crippen molar-refractivity contribution in [3.63, 3.8) is 0 Å². The molecular weight excluding hydrogens is 913 g/mol. The molecule has 0 amide bonds. The normalized spacial score (nSPS) is 8.96. The standard InChI is InChI=1S/3C14H14O.3C8H10.6CH4/c1-11-3-7-13(8-4-11)15-14-9-5-12(2)6-10-14;1-11-5-3-7-13(9-11)15-14-8-4-6-12(2)10-14;1-11-7-3-5-9-13(11)15-14-10-6-4-8-12(14)2;1-7-3-5-8(2)6-4-7;1-7-4-3-5-8(2)6-7;1-7-5-3-4-6-8(7)2;;;;;;/h3*3-10H,1-2H3;3*3-6H,1-2H3;6*1H4. The highest BCUT2D eigenvalue weighted by molar-refractivity contribution is 5.41. The monoisotopic (exact) mass is 1010 g/mol. The number of aryl methyl sites for hydroxylation is 12. The Hall–Kier alpha value is -7.62. The van der Waals surface area contributed by atoms with E-state index in [1.165, 1.54) is 55.6 Å². The molecule has 75 heavy (non-hydrogen) atoms. The van der Waals surface area contributed by atoms with Gasteiger partial charge in [-0.3, -0.25) is 0 Å². The van der Waals surface area contributed by atoms with Crippen molar-refractivity contribution in [2.45, 2.75) is 128 Å². The first-order valence-corrected chi connectivity index (χ1v) is 23.6. The maximum Gasteiger partial charge on any atom is 0.130 e. The van der Waals surface area contributed by atoms with E-state index in [2.05, 4.69) is 154 Å². The largest absolute Gasteiger partial charge is 0.457 e. The van der Waals surface area contributed by atoms with Crippen LogP contribution >= 0.6 is 0 Å². The van der Waals surface area contributed by atoms with Gasteiger partial charge in [-0.2, -0.15) is 0 Å². The van der Waals surface area contributed by atoms with E-state index in [9.17, 15) is 0 Å². The summed E-state index contributed by atoms with van der Waals surface area (Å²) in [6.45, 7) is 25.0. The summed E-state index contributed by atoms with van der Waals surface area (Å²) in [5.41, 5.74) is 15.3. The van der Waals surface area contributed by atoms with E-state index in [0.29, 0.717) is 0 Å². The third-order valence-electron chi connectivity index (χ3n) is 10.7. The summed E-state index contributed by atoms with van der Waals surface area (Å²) in [6, 6.07) is 73.6. The lowest BCUT2D eigenvalue weighted by Gasteiger charge is -2.10. The summed E-state index contributed by atoms with van der Waals surface area (Å²) in [7, 11) is 0. The molecule has 0 aromatic heterocycles. The highest BCUT2D eigenvalue weighted by atomic mass is 16.5. The molecule has 0 fully saturated rings. The molecule has 0 aliphatic heterocycles. The molecule has 0 heterocycles. The van der Waals surface area contributed by atoms with Gasteiger partial charge in [0.15, 0.2) is 0 Å². The zero-order chi connectivity index (χ0) is 50.0. The van der Waals surface area contributed by atoms with Crippen molar-refractivity contribution >= 4 is 0 Å². The smallest absolute Gasteiger partial charge is 0.130 e. The van der Waals surface area contributed by atoms with Gasteiger partial charge < -0.3 is 14.2 Å². The Labute approximate surface area is 459 Å². The molecule has 0 saturated heterocycles. The van der Waals surface area contributed by atoms with Crippen molar-refractivity contribution in [2.24, 2.45) is 0 Å². The number of hydrogen-bond acceptors (Lipinski definition) is 3. The Morgan fingerprint density at radius 2 is 0.440 bits per heavy atom. The second-order valence-corrected chi connectivity index (χ2v) is 17.5. The van der Waals surface area contributed by atoms with Gasteiger partial charge in [-0.25, -0.2) is 0 Å². The summed E-state index contributed by atoms with van der Waals surface area (Å²) >= 11 is 0. The molecule has 402 valence electrons. The third-order valence-corrected chi connectivity index (χ3v) is 10.7. The zero-order valence-electron chi connectivity index (χ0n) is 43.0. The number of rotatable bonds is 6. The van der Waals surface area contributed by atoms with Crippen molar-refractivity contribution in [1.82, 2.24) is 0 Å². The van der Waals surface area contributed by atoms with Crippen LogP contribution < -0.4 is 14.2 Å². The number of benzene rings is 9. The van der Waals surface area contributed by atoms with Crippen molar-refractivity contribution in [3.8, 4) is 34.5 Å². The Bertz CT molecular complexity index is 2670. The van der Waals surface area contributed by atoms with E-state index in [0.717, 1.165) is 45.6 Å². The second-order valence-electron chi connectivity index (χ2n) is 17.5. The van der Waals surface area contributed by atoms with Crippen LogP contribution in [0.15, 0.2) is 218 Å². The van der Waals surface area contributed by atoms with Crippen LogP contribution in [-0.4, -0.2) is 0 Å². The Kier molecular flexibility index (Phi) is 37.2. The van der Waals surface area contributed by atoms with E-state index in [1.54, 1.807) is 0 Å². The van der Waals surface area contributed by atoms with Gasteiger partial charge in [0, 0.05) is 0 Å². The summed E-state index contributed by atoms with van der Waals surface area (Å²) < 4.78 is 17.3. The van der Waals surface area contributed by atoms with E-state index in [-0.39, 0.29) is 44.6 Å². The summed E-state index contributed by atoms with van der Waals surface area (Å²) in [5, 5.41) is 0. The van der Waals surface area contributed by atoms with E-state index >= 15 is 0 Å². The molecule has 0 spiro atoms. The predicted molar refractivity (Wildman–Crippen MR) is 335 cm³/mol. The molecule has 3 nitrogen and oxygen atoms in total. The molecule has 0 atom stereocenters. The number of para-hydroxylation sites is 2. The molecule has 9 aromatic rings. The van der Waals surface area contributed by atoms with Crippen LogP contribution in [0.3, 0.4) is 0 Å². The van der Waals surface area contributed by atoms with Crippen LogP contribution in [0.5, 0.6) is 34.5 Å². The lowest BCUT2D eigenvalue weighted by molar-refractivity contribution is 0.475. The minimum Gasteiger partial charge on any atom is -0.457 e. The van der Waals surface area contributed by atoms with Crippen molar-refractivity contribution in [3.05, 3.63) is 285 Å². The Balaban J connectivity index is -0.000000834. The van der Waals surface area contributed by atoms with Crippen LogP contribution in [-0.2, 0) is 0 Å². The Morgan fingerprint density at radius 3 is 0.707 bits per heavy atom. The summed E-state index contributed by atoms with van der Waals surface area (Å²) in [5.74, 6) is 5.38. The fourth-order valence-corrected chi connectivity index (χ4v) is 6.41. The molecular formula is C72H96O3. The quantitative estimate of drug-likeness (QED) is 0.166. The first-order chi connectivity index (χ1) is 33.1. The molecule has 0 radical (unpaired) electrons. The van der Waals surface area contributed by atoms with Gasteiger partial charge in [-0.15, -0.1) is 0 Å². The second kappa shape index (κ2) is 38.9. The first-order valence-electron chi connectivity index (χ1n) is 23.6. The number of ether oxygens (including phenoxy) is 3. The van der Waals surface area contributed by atoms with Crippen LogP contribution in [0.2, 0.25) is 0 Å². The minimum absolute atomic E-state index is 0. The fraction of sp³-hybridized carbons (Fsp3) is 0.250. The molecule has 0 N–H and O–H groups in total. The minimum atomic E-state index is 0. The predicted octanol–water partition coefficient (Wildman–Crippen LogP) is 23.0. The van der Waals surface area contributed by atoms with Gasteiger partial charge in [0.25, 0.3) is 0 Å². The van der Waals surface area contributed by atoms with E-state index in [4.69, 9.17) is 14.2 Å². The van der Waals surface area contributed by atoms with Crippen LogP contribution in [0.1, 0.15) is 111 Å². The Morgan fingerprint density at radius 1 is 0.187 bits per heavy atom. The average molecular weight is 1010 g/mol. The third kappa shape index (κ3) is 29.0. The van der Waals surface area contributed by atoms with Crippen LogP contribution in [0.25, 0.3) is 0 Å². The van der Waals surface area contributed by atoms with E-state index < -0.39 is 0 Å². The molecule has 0 unspecified atom stereocenters. The lowest BCUT2D eigenvalue weighted by atomic mass is 10.1. The van der Waals surface area contributed by atoms with Crippen molar-refractivity contribution in [1.29, 1.82) is 0 Å². The highest BCUT2D eigenvalue weighted by Gasteiger charge is 2.02. The van der Waals surface area contributed by atoms with Crippen molar-refractivity contribution < 1.29 is 14.2 Å². The average Bonchev–Trinajstić information content (AvgIpc) is 3.32. The van der Waals surface area contributed by atoms with Gasteiger partial charge in [-0.05, 0) is 177 Å². The maximum atomic E-state index is 5.84. The molecule has 0 aliphatic rings. The molecule has 0 aliphatic carbocycles. The first kappa shape index (κ1) is 71.6. The molecule has 9 aromatic carbocycles. The molecule has 3 heteroatoms. The molecule has 9 rings (SSSR count). The van der Waals surface area contributed by atoms with Gasteiger partial charge >= 0.3 is 0 Å². The van der Waals surface area contributed by atoms with Crippen LogP contribution in [0, 0.1) is 83.1 Å². The molecule has 0 saturated carbocycles. The van der Waals surface area contributed by atoms with Gasteiger partial charge in [-0.1, -0.05) is 236 Å². The lowest BCUT2D eigenvalue weighted by Crippen LogP contribution is -1.88.